The molecule has 1 amide bonds. The van der Waals surface area contributed by atoms with Crippen LogP contribution in [0, 0.1) is 0 Å². The molecule has 0 bridgehead atoms. The number of hydrogen-bond acceptors (Lipinski definition) is 6. The summed E-state index contributed by atoms with van der Waals surface area (Å²) in [6.07, 6.45) is 8.03. The van der Waals surface area contributed by atoms with Crippen molar-refractivity contribution in [3.8, 4) is 0 Å². The van der Waals surface area contributed by atoms with Crippen molar-refractivity contribution in [3.63, 3.8) is 0 Å². The maximum absolute atomic E-state index is 12.9. The molecule has 1 saturated carbocycles. The molecule has 1 N–H and O–H groups in total. The molecule has 0 spiro atoms. The number of aromatic nitrogens is 4. The van der Waals surface area contributed by atoms with Crippen molar-refractivity contribution in [3.05, 3.63) is 12.7 Å². The van der Waals surface area contributed by atoms with E-state index >= 15 is 0 Å². The molecule has 1 aliphatic carbocycles. The Hall–Kier alpha value is -1.83. The van der Waals surface area contributed by atoms with Gasteiger partial charge in [-0.15, -0.1) is 0 Å². The molecular formula is C16H22N6OS. The van der Waals surface area contributed by atoms with E-state index in [1.807, 2.05) is 23.7 Å². The van der Waals surface area contributed by atoms with Crippen molar-refractivity contribution in [2.75, 3.05) is 30.8 Å². The van der Waals surface area contributed by atoms with Crippen molar-refractivity contribution < 1.29 is 4.79 Å². The molecule has 2 aliphatic rings. The summed E-state index contributed by atoms with van der Waals surface area (Å²) >= 11 is 2.05. The second-order valence-corrected chi connectivity index (χ2v) is 7.85. The lowest BCUT2D eigenvalue weighted by atomic mass is 9.93. The highest BCUT2D eigenvalue weighted by Crippen LogP contribution is 2.35. The van der Waals surface area contributed by atoms with Gasteiger partial charge in [0.25, 0.3) is 0 Å². The fourth-order valence-corrected chi connectivity index (χ4v) is 5.26. The highest BCUT2D eigenvalue weighted by Gasteiger charge is 2.36. The van der Waals surface area contributed by atoms with Crippen molar-refractivity contribution in [1.82, 2.24) is 24.8 Å². The molecular weight excluding hydrogens is 324 g/mol. The average Bonchev–Trinajstić information content (AvgIpc) is 3.09. The van der Waals surface area contributed by atoms with Gasteiger partial charge in [-0.25, -0.2) is 15.0 Å². The molecule has 0 radical (unpaired) electrons. The van der Waals surface area contributed by atoms with Crippen LogP contribution < -0.4 is 4.90 Å². The van der Waals surface area contributed by atoms with Gasteiger partial charge in [-0.05, 0) is 12.8 Å². The van der Waals surface area contributed by atoms with Gasteiger partial charge in [0.1, 0.15) is 11.8 Å². The van der Waals surface area contributed by atoms with Gasteiger partial charge in [0.2, 0.25) is 5.91 Å². The summed E-state index contributed by atoms with van der Waals surface area (Å²) in [4.78, 5) is 32.6. The Morgan fingerprint density at radius 2 is 2.25 bits per heavy atom. The second-order valence-electron chi connectivity index (χ2n) is 6.50. The van der Waals surface area contributed by atoms with Crippen molar-refractivity contribution in [1.29, 1.82) is 0 Å². The Labute approximate surface area is 145 Å². The molecule has 4 rings (SSSR count). The summed E-state index contributed by atoms with van der Waals surface area (Å²) in [6.45, 7) is 1.20. The quantitative estimate of drug-likeness (QED) is 0.911. The van der Waals surface area contributed by atoms with Crippen LogP contribution in [0.4, 0.5) is 5.82 Å². The third-order valence-electron chi connectivity index (χ3n) is 4.99. The topological polar surface area (TPSA) is 78.0 Å². The highest BCUT2D eigenvalue weighted by atomic mass is 32.2. The van der Waals surface area contributed by atoms with Crippen molar-refractivity contribution >= 4 is 34.7 Å². The summed E-state index contributed by atoms with van der Waals surface area (Å²) in [7, 11) is 1.90. The number of carbonyl (C=O) groups excluding carboxylic acids is 1. The lowest BCUT2D eigenvalue weighted by molar-refractivity contribution is -0.132. The fourth-order valence-electron chi connectivity index (χ4n) is 3.82. The van der Waals surface area contributed by atoms with Gasteiger partial charge in [-0.1, -0.05) is 12.8 Å². The first-order valence-corrected chi connectivity index (χ1v) is 9.55. The summed E-state index contributed by atoms with van der Waals surface area (Å²) in [5.41, 5.74) is 1.40. The monoisotopic (exact) mass is 346 g/mol. The van der Waals surface area contributed by atoms with Crippen LogP contribution in [0.15, 0.2) is 12.7 Å². The minimum atomic E-state index is 0.195. The van der Waals surface area contributed by atoms with E-state index < -0.39 is 0 Å². The van der Waals surface area contributed by atoms with E-state index in [0.717, 1.165) is 30.1 Å². The number of nitrogens with zero attached hydrogens (tertiary/aromatic N) is 5. The number of H-pyrrole nitrogens is 1. The van der Waals surface area contributed by atoms with Crippen LogP contribution in [0.5, 0.6) is 0 Å². The lowest BCUT2D eigenvalue weighted by Crippen LogP contribution is -2.54. The minimum absolute atomic E-state index is 0.195. The van der Waals surface area contributed by atoms with Gasteiger partial charge in [-0.2, -0.15) is 11.8 Å². The van der Waals surface area contributed by atoms with E-state index in [4.69, 9.17) is 0 Å². The lowest BCUT2D eigenvalue weighted by Gasteiger charge is -2.44. The number of rotatable bonds is 3. The molecule has 0 unspecified atom stereocenters. The zero-order chi connectivity index (χ0) is 16.5. The van der Waals surface area contributed by atoms with Gasteiger partial charge < -0.3 is 14.8 Å². The number of nitrogens with one attached hydrogen (secondary N) is 1. The zero-order valence-electron chi connectivity index (χ0n) is 13.8. The van der Waals surface area contributed by atoms with E-state index in [2.05, 4.69) is 24.8 Å². The van der Waals surface area contributed by atoms with Crippen LogP contribution in [-0.2, 0) is 4.79 Å². The number of aromatic amines is 1. The van der Waals surface area contributed by atoms with E-state index in [1.54, 1.807) is 6.33 Å². The number of thioether (sulfide) groups is 1. The van der Waals surface area contributed by atoms with Gasteiger partial charge in [-0.3, -0.25) is 4.79 Å². The van der Waals surface area contributed by atoms with Crippen molar-refractivity contribution in [2.24, 2.45) is 0 Å². The first-order chi connectivity index (χ1) is 11.7. The van der Waals surface area contributed by atoms with E-state index in [9.17, 15) is 4.79 Å². The first kappa shape index (κ1) is 15.7. The molecule has 128 valence electrons. The van der Waals surface area contributed by atoms with E-state index in [1.165, 1.54) is 25.6 Å². The molecule has 1 aliphatic heterocycles. The minimum Gasteiger partial charge on any atom is -0.348 e. The molecule has 2 atom stereocenters. The molecule has 2 aromatic rings. The number of likely N-dealkylation sites (N-methyl/N-ethyl adjacent to an activating group) is 1. The second kappa shape index (κ2) is 6.58. The predicted octanol–water partition coefficient (Wildman–Crippen LogP) is 1.68. The third-order valence-corrected chi connectivity index (χ3v) is 6.39. The first-order valence-electron chi connectivity index (χ1n) is 8.50. The molecule has 3 heterocycles. The van der Waals surface area contributed by atoms with Crippen LogP contribution in [0.25, 0.3) is 11.2 Å². The number of amides is 1. The summed E-state index contributed by atoms with van der Waals surface area (Å²) in [5, 5.41) is 0.625. The number of hydrogen-bond donors (Lipinski definition) is 1. The Morgan fingerprint density at radius 1 is 1.38 bits per heavy atom. The van der Waals surface area contributed by atoms with Gasteiger partial charge in [0.15, 0.2) is 11.5 Å². The fraction of sp³-hybridized carbons (Fsp3) is 0.625. The molecule has 1 saturated heterocycles. The highest BCUT2D eigenvalue weighted by molar-refractivity contribution is 8.00. The molecule has 2 fully saturated rings. The van der Waals surface area contributed by atoms with Crippen LogP contribution in [0.2, 0.25) is 0 Å². The SMILES string of the molecule is CN(CC(=O)N1CCS[C@H]2CCCC[C@@H]21)c1ncnc2nc[nH]c12. The van der Waals surface area contributed by atoms with Gasteiger partial charge >= 0.3 is 0 Å². The number of fused-ring (bicyclic) bond motifs is 2. The molecule has 8 heteroatoms. The molecule has 24 heavy (non-hydrogen) atoms. The van der Waals surface area contributed by atoms with Gasteiger partial charge in [0, 0.05) is 30.6 Å². The average molecular weight is 346 g/mol. The van der Waals surface area contributed by atoms with E-state index in [-0.39, 0.29) is 5.91 Å². The summed E-state index contributed by atoms with van der Waals surface area (Å²) < 4.78 is 0. The van der Waals surface area contributed by atoms with Crippen molar-refractivity contribution in [2.45, 2.75) is 37.0 Å². The van der Waals surface area contributed by atoms with E-state index in [0.29, 0.717) is 23.5 Å². The Kier molecular flexibility index (Phi) is 4.30. The van der Waals surface area contributed by atoms with Crippen LogP contribution >= 0.6 is 11.8 Å². The number of carbonyl (C=O) groups is 1. The normalized spacial score (nSPS) is 24.0. The van der Waals surface area contributed by atoms with Crippen LogP contribution in [0.1, 0.15) is 25.7 Å². The molecule has 0 aromatic carbocycles. The smallest absolute Gasteiger partial charge is 0.242 e. The number of anilines is 1. The standard InChI is InChI=1S/C16H22N6OS/c1-21(16-14-15(18-9-17-14)19-10-20-16)8-13(23)22-6-7-24-12-5-3-2-4-11(12)22/h9-12H,2-8H2,1H3,(H,17,18,19,20)/t11-,12-/m0/s1. The molecule has 2 aromatic heterocycles. The Balaban J connectivity index is 1.50. The largest absolute Gasteiger partial charge is 0.348 e. The van der Waals surface area contributed by atoms with Crippen LogP contribution in [-0.4, -0.2) is 67.9 Å². The number of imidazole rings is 1. The van der Waals surface area contributed by atoms with Gasteiger partial charge in [0.05, 0.1) is 12.9 Å². The maximum atomic E-state index is 12.9. The molecule has 7 nitrogen and oxygen atoms in total. The maximum Gasteiger partial charge on any atom is 0.242 e. The summed E-state index contributed by atoms with van der Waals surface area (Å²) in [6, 6.07) is 0.413. The zero-order valence-corrected chi connectivity index (χ0v) is 14.6. The Morgan fingerprint density at radius 3 is 3.17 bits per heavy atom. The Bertz CT molecular complexity index is 732. The predicted molar refractivity (Wildman–Crippen MR) is 95.2 cm³/mol. The third kappa shape index (κ3) is 2.83. The summed E-state index contributed by atoms with van der Waals surface area (Å²) in [5.74, 6) is 1.97. The van der Waals surface area contributed by atoms with Crippen LogP contribution in [0.3, 0.4) is 0 Å².